The monoisotopic (exact) mass is 336 g/mol. The second-order valence-electron chi connectivity index (χ2n) is 8.18. The molecular formula is C18H32N2O2Si. The van der Waals surface area contributed by atoms with Crippen LogP contribution in [0.5, 0.6) is 0 Å². The molecule has 1 rings (SSSR count). The third-order valence-electron chi connectivity index (χ3n) is 5.22. The predicted octanol–water partition coefficient (Wildman–Crippen LogP) is 2.98. The number of nitrogens with one attached hydrogen (secondary N) is 1. The smallest absolute Gasteiger partial charge is 0.240 e. The Morgan fingerprint density at radius 2 is 1.78 bits per heavy atom. The Hall–Kier alpha value is -1.28. The maximum Gasteiger partial charge on any atom is 0.240 e. The lowest BCUT2D eigenvalue weighted by molar-refractivity contribution is -0.130. The summed E-state index contributed by atoms with van der Waals surface area (Å²) in [5.41, 5.74) is 8.81. The predicted molar refractivity (Wildman–Crippen MR) is 97.3 cm³/mol. The fraction of sp³-hybridized carbons (Fsp3) is 0.778. The van der Waals surface area contributed by atoms with Crippen LogP contribution >= 0.6 is 0 Å². The largest absolute Gasteiger partial charge is 0.368 e. The molecule has 0 aromatic rings. The zero-order valence-electron chi connectivity index (χ0n) is 15.3. The van der Waals surface area contributed by atoms with Crippen molar-refractivity contribution in [1.29, 1.82) is 0 Å². The average Bonchev–Trinajstić information content (AvgIpc) is 2.45. The molecule has 0 radical (unpaired) electrons. The van der Waals surface area contributed by atoms with Crippen LogP contribution in [-0.4, -0.2) is 25.9 Å². The summed E-state index contributed by atoms with van der Waals surface area (Å²) in [6, 6.07) is -0.679. The lowest BCUT2D eigenvalue weighted by Gasteiger charge is -2.31. The summed E-state index contributed by atoms with van der Waals surface area (Å²) in [6.45, 7) is 11.0. The molecule has 0 aromatic carbocycles. The van der Waals surface area contributed by atoms with Crippen molar-refractivity contribution in [3.8, 4) is 11.5 Å². The van der Waals surface area contributed by atoms with E-state index in [4.69, 9.17) is 5.73 Å². The van der Waals surface area contributed by atoms with Crippen LogP contribution in [0.3, 0.4) is 0 Å². The molecule has 23 heavy (non-hydrogen) atoms. The van der Waals surface area contributed by atoms with Crippen LogP contribution in [0.1, 0.15) is 59.3 Å². The van der Waals surface area contributed by atoms with E-state index in [-0.39, 0.29) is 16.9 Å². The molecule has 0 saturated heterocycles. The van der Waals surface area contributed by atoms with Crippen molar-refractivity contribution >= 4 is 19.9 Å². The first-order chi connectivity index (χ1) is 10.5. The zero-order valence-corrected chi connectivity index (χ0v) is 16.3. The van der Waals surface area contributed by atoms with Crippen molar-refractivity contribution < 1.29 is 9.59 Å². The van der Waals surface area contributed by atoms with Gasteiger partial charge in [0.1, 0.15) is 14.1 Å². The molecule has 1 aliphatic rings. The van der Waals surface area contributed by atoms with Gasteiger partial charge in [-0.3, -0.25) is 9.59 Å². The van der Waals surface area contributed by atoms with Gasteiger partial charge < -0.3 is 11.1 Å². The van der Waals surface area contributed by atoms with Gasteiger partial charge in [-0.1, -0.05) is 53.1 Å². The Labute approximate surface area is 142 Å². The first-order valence-corrected chi connectivity index (χ1v) is 11.6. The summed E-state index contributed by atoms with van der Waals surface area (Å²) < 4.78 is 0. The van der Waals surface area contributed by atoms with Crippen LogP contribution in [0.15, 0.2) is 0 Å². The molecule has 1 saturated carbocycles. The van der Waals surface area contributed by atoms with Crippen molar-refractivity contribution in [3.63, 3.8) is 0 Å². The van der Waals surface area contributed by atoms with Gasteiger partial charge in [-0.15, -0.1) is 11.5 Å². The Morgan fingerprint density at radius 1 is 1.22 bits per heavy atom. The maximum absolute atomic E-state index is 12.3. The van der Waals surface area contributed by atoms with E-state index in [1.54, 1.807) is 0 Å². The third-order valence-corrected chi connectivity index (χ3v) is 9.77. The molecule has 0 heterocycles. The van der Waals surface area contributed by atoms with E-state index >= 15 is 0 Å². The van der Waals surface area contributed by atoms with E-state index in [1.807, 2.05) is 0 Å². The van der Waals surface area contributed by atoms with Gasteiger partial charge in [-0.25, -0.2) is 0 Å². The Bertz CT molecular complexity index is 491. The highest BCUT2D eigenvalue weighted by Gasteiger charge is 2.33. The zero-order chi connectivity index (χ0) is 17.7. The Balaban J connectivity index is 2.66. The summed E-state index contributed by atoms with van der Waals surface area (Å²) in [4.78, 5) is 23.9. The van der Waals surface area contributed by atoms with Crippen molar-refractivity contribution in [2.24, 2.45) is 11.7 Å². The van der Waals surface area contributed by atoms with Gasteiger partial charge in [0, 0.05) is 12.3 Å². The van der Waals surface area contributed by atoms with Crippen LogP contribution in [0.4, 0.5) is 0 Å². The van der Waals surface area contributed by atoms with Crippen molar-refractivity contribution in [1.82, 2.24) is 5.32 Å². The maximum atomic E-state index is 12.3. The van der Waals surface area contributed by atoms with Crippen LogP contribution in [0, 0.1) is 17.4 Å². The number of amides is 2. The lowest BCUT2D eigenvalue weighted by atomic mass is 9.88. The van der Waals surface area contributed by atoms with Crippen LogP contribution in [0.2, 0.25) is 18.1 Å². The minimum Gasteiger partial charge on any atom is -0.368 e. The summed E-state index contributed by atoms with van der Waals surface area (Å²) in [6.07, 6.45) is 5.50. The Morgan fingerprint density at radius 3 is 2.26 bits per heavy atom. The van der Waals surface area contributed by atoms with Gasteiger partial charge in [0.05, 0.1) is 0 Å². The van der Waals surface area contributed by atoms with Gasteiger partial charge in [-0.2, -0.15) is 0 Å². The number of carbonyl (C=O) groups is 2. The van der Waals surface area contributed by atoms with Crippen LogP contribution < -0.4 is 11.1 Å². The van der Waals surface area contributed by atoms with Gasteiger partial charge >= 0.3 is 0 Å². The first-order valence-electron chi connectivity index (χ1n) is 8.64. The summed E-state index contributed by atoms with van der Waals surface area (Å²) >= 11 is 0. The van der Waals surface area contributed by atoms with E-state index in [0.29, 0.717) is 6.42 Å². The van der Waals surface area contributed by atoms with Gasteiger partial charge in [0.2, 0.25) is 11.8 Å². The van der Waals surface area contributed by atoms with E-state index in [1.165, 1.54) is 6.42 Å². The second-order valence-corrected chi connectivity index (χ2v) is 13.2. The SMILES string of the molecule is CC(C)(C)[Si](C)(C)C#CC[C@H](NC(=O)C1CCCCC1)C(N)=O. The van der Waals surface area contributed by atoms with Crippen molar-refractivity contribution in [2.75, 3.05) is 0 Å². The molecular weight excluding hydrogens is 304 g/mol. The fourth-order valence-corrected chi connectivity index (χ4v) is 3.36. The molecule has 2 amide bonds. The van der Waals surface area contributed by atoms with E-state index in [2.05, 4.69) is 50.6 Å². The minimum absolute atomic E-state index is 0.0268. The molecule has 0 aliphatic heterocycles. The summed E-state index contributed by atoms with van der Waals surface area (Å²) in [5, 5.41) is 2.98. The first kappa shape index (κ1) is 19.8. The molecule has 3 N–H and O–H groups in total. The number of primary amides is 1. The molecule has 130 valence electrons. The summed E-state index contributed by atoms with van der Waals surface area (Å²) in [5.74, 6) is 2.60. The second kappa shape index (κ2) is 8.01. The van der Waals surface area contributed by atoms with Crippen LogP contribution in [0.25, 0.3) is 0 Å². The van der Waals surface area contributed by atoms with E-state index in [0.717, 1.165) is 25.7 Å². The summed E-state index contributed by atoms with van der Waals surface area (Å²) in [7, 11) is -1.70. The topological polar surface area (TPSA) is 72.2 Å². The molecule has 1 aliphatic carbocycles. The molecule has 4 nitrogen and oxygen atoms in total. The van der Waals surface area contributed by atoms with Crippen molar-refractivity contribution in [2.45, 2.75) is 83.5 Å². The number of rotatable bonds is 4. The number of hydrogen-bond acceptors (Lipinski definition) is 2. The third kappa shape index (κ3) is 6.02. The van der Waals surface area contributed by atoms with Gasteiger partial charge in [0.25, 0.3) is 0 Å². The molecule has 5 heteroatoms. The lowest BCUT2D eigenvalue weighted by Crippen LogP contribution is -2.46. The Kier molecular flexibility index (Phi) is 6.88. The van der Waals surface area contributed by atoms with Gasteiger partial charge in [0.15, 0.2) is 0 Å². The van der Waals surface area contributed by atoms with Gasteiger partial charge in [-0.05, 0) is 17.9 Å². The molecule has 0 spiro atoms. The fourth-order valence-electron chi connectivity index (χ4n) is 2.44. The molecule has 0 bridgehead atoms. The highest BCUT2D eigenvalue weighted by atomic mass is 28.3. The standard InChI is InChI=1S/C18H32N2O2Si/c1-18(2,3)23(4,5)13-9-12-15(16(19)21)20-17(22)14-10-7-6-8-11-14/h14-15H,6-8,10-12H2,1-5H3,(H2,19,21)(H,20,22)/t15-/m0/s1. The minimum atomic E-state index is -1.70. The van der Waals surface area contributed by atoms with Crippen molar-refractivity contribution in [3.05, 3.63) is 0 Å². The average molecular weight is 337 g/mol. The highest BCUT2D eigenvalue weighted by molar-refractivity contribution is 6.87. The van der Waals surface area contributed by atoms with E-state index < -0.39 is 20.0 Å². The highest BCUT2D eigenvalue weighted by Crippen LogP contribution is 2.35. The molecule has 0 aromatic heterocycles. The van der Waals surface area contributed by atoms with Crippen LogP contribution in [-0.2, 0) is 9.59 Å². The quantitative estimate of drug-likeness (QED) is 0.612. The van der Waals surface area contributed by atoms with E-state index in [9.17, 15) is 9.59 Å². The molecule has 1 fully saturated rings. The molecule has 0 unspecified atom stereocenters. The number of carbonyl (C=O) groups excluding carboxylic acids is 2. The molecule has 1 atom stereocenters. The number of nitrogens with two attached hydrogens (primary N) is 1. The normalized spacial score (nSPS) is 17.8. The number of hydrogen-bond donors (Lipinski definition) is 2.